The van der Waals surface area contributed by atoms with Crippen LogP contribution in [0.4, 0.5) is 0 Å². The van der Waals surface area contributed by atoms with Crippen molar-refractivity contribution < 1.29 is 0 Å². The van der Waals surface area contributed by atoms with Crippen molar-refractivity contribution in [3.8, 4) is 6.07 Å². The Morgan fingerprint density at radius 2 is 2.86 bits per heavy atom. The van der Waals surface area contributed by atoms with E-state index in [0.29, 0.717) is 6.54 Å². The monoisotopic (exact) mass is 111 g/mol. The minimum absolute atomic E-state index is 0.702. The molecule has 1 heterocycles. The number of allylic oxidation sites excluding steroid dienone is 1. The fraction of sp³-hybridized carbons (Fsp3) is 0.250. The predicted octanol–water partition coefficient (Wildman–Crippen LogP) is 0.660. The van der Waals surface area contributed by atoms with E-state index in [1.54, 1.807) is 0 Å². The SMILES string of the molecule is N#CC1=CC[N]S1. The van der Waals surface area contributed by atoms with Crippen LogP contribution in [0.3, 0.4) is 0 Å². The zero-order valence-corrected chi connectivity index (χ0v) is 4.40. The lowest BCUT2D eigenvalue weighted by Crippen LogP contribution is -1.81. The van der Waals surface area contributed by atoms with E-state index in [9.17, 15) is 0 Å². The summed E-state index contributed by atoms with van der Waals surface area (Å²) in [5.41, 5.74) is 0. The molecule has 0 N–H and O–H groups in total. The molecule has 0 aromatic heterocycles. The predicted molar refractivity (Wildman–Crippen MR) is 28.3 cm³/mol. The van der Waals surface area contributed by atoms with E-state index in [-0.39, 0.29) is 0 Å². The van der Waals surface area contributed by atoms with Crippen LogP contribution < -0.4 is 4.72 Å². The van der Waals surface area contributed by atoms with Gasteiger partial charge in [-0.2, -0.15) is 9.98 Å². The zero-order valence-electron chi connectivity index (χ0n) is 3.59. The van der Waals surface area contributed by atoms with Crippen molar-refractivity contribution in [3.05, 3.63) is 11.0 Å². The van der Waals surface area contributed by atoms with Crippen LogP contribution in [0.1, 0.15) is 0 Å². The standard InChI is InChI=1S/C4H3N2S/c5-3-4-1-2-6-7-4/h1H,2H2. The van der Waals surface area contributed by atoms with E-state index in [4.69, 9.17) is 5.26 Å². The Hall–Kier alpha value is -0.460. The highest BCUT2D eigenvalue weighted by atomic mass is 32.2. The molecule has 0 atom stereocenters. The van der Waals surface area contributed by atoms with Crippen molar-refractivity contribution in [1.82, 2.24) is 4.72 Å². The molecule has 0 aromatic carbocycles. The van der Waals surface area contributed by atoms with Crippen LogP contribution in [-0.4, -0.2) is 6.54 Å². The largest absolute Gasteiger partial charge is 0.192 e. The fourth-order valence-corrected chi connectivity index (χ4v) is 0.808. The summed E-state index contributed by atoms with van der Waals surface area (Å²) in [4.78, 5) is 0.722. The molecule has 0 bridgehead atoms. The minimum Gasteiger partial charge on any atom is -0.192 e. The molecule has 0 unspecified atom stereocenters. The first-order chi connectivity index (χ1) is 3.43. The maximum absolute atomic E-state index is 8.17. The summed E-state index contributed by atoms with van der Waals surface area (Å²) in [6.45, 7) is 0.702. The normalized spacial score (nSPS) is 18.4. The summed E-state index contributed by atoms with van der Waals surface area (Å²) in [6, 6.07) is 1.99. The molecule has 1 aliphatic rings. The Labute approximate surface area is 46.3 Å². The summed E-state index contributed by atoms with van der Waals surface area (Å²) in [5.74, 6) is 0. The molecule has 1 radical (unpaired) electrons. The van der Waals surface area contributed by atoms with Gasteiger partial charge in [-0.05, 0) is 18.0 Å². The van der Waals surface area contributed by atoms with E-state index >= 15 is 0 Å². The fourth-order valence-electron chi connectivity index (χ4n) is 0.330. The van der Waals surface area contributed by atoms with Gasteiger partial charge in [-0.3, -0.25) is 0 Å². The molecular weight excluding hydrogens is 108 g/mol. The summed E-state index contributed by atoms with van der Waals surface area (Å²) >= 11 is 1.27. The van der Waals surface area contributed by atoms with E-state index < -0.39 is 0 Å². The number of hydrogen-bond acceptors (Lipinski definition) is 2. The van der Waals surface area contributed by atoms with Crippen molar-refractivity contribution in [3.63, 3.8) is 0 Å². The van der Waals surface area contributed by atoms with Gasteiger partial charge in [0.2, 0.25) is 0 Å². The van der Waals surface area contributed by atoms with E-state index in [0.717, 1.165) is 4.91 Å². The van der Waals surface area contributed by atoms with Gasteiger partial charge < -0.3 is 0 Å². The average molecular weight is 111 g/mol. The Kier molecular flexibility index (Phi) is 1.35. The lowest BCUT2D eigenvalue weighted by atomic mass is 10.5. The van der Waals surface area contributed by atoms with Crippen LogP contribution in [0.15, 0.2) is 11.0 Å². The first kappa shape index (κ1) is 4.69. The van der Waals surface area contributed by atoms with Gasteiger partial charge >= 0.3 is 0 Å². The zero-order chi connectivity index (χ0) is 5.11. The Bertz CT molecular complexity index is 133. The van der Waals surface area contributed by atoms with Crippen molar-refractivity contribution in [2.75, 3.05) is 6.54 Å². The van der Waals surface area contributed by atoms with Crippen LogP contribution in [-0.2, 0) is 0 Å². The molecule has 0 aliphatic carbocycles. The second-order valence-electron chi connectivity index (χ2n) is 1.08. The van der Waals surface area contributed by atoms with Crippen LogP contribution in [0.2, 0.25) is 0 Å². The van der Waals surface area contributed by atoms with Gasteiger partial charge in [0.1, 0.15) is 6.07 Å². The number of hydrogen-bond donors (Lipinski definition) is 0. The van der Waals surface area contributed by atoms with Crippen LogP contribution in [0.25, 0.3) is 0 Å². The van der Waals surface area contributed by atoms with Gasteiger partial charge in [0, 0.05) is 6.54 Å². The third kappa shape index (κ3) is 0.952. The molecule has 0 spiro atoms. The number of rotatable bonds is 0. The van der Waals surface area contributed by atoms with E-state index in [1.165, 1.54) is 11.9 Å². The second kappa shape index (κ2) is 2.01. The molecule has 1 rings (SSSR count). The molecule has 2 nitrogen and oxygen atoms in total. The van der Waals surface area contributed by atoms with Crippen molar-refractivity contribution in [1.29, 1.82) is 5.26 Å². The van der Waals surface area contributed by atoms with Gasteiger partial charge in [-0.25, -0.2) is 0 Å². The third-order valence-corrected chi connectivity index (χ3v) is 1.36. The van der Waals surface area contributed by atoms with Crippen molar-refractivity contribution in [2.45, 2.75) is 0 Å². The first-order valence-electron chi connectivity index (χ1n) is 1.87. The smallest absolute Gasteiger partial charge is 0.107 e. The molecule has 0 amide bonds. The van der Waals surface area contributed by atoms with Gasteiger partial charge in [0.15, 0.2) is 0 Å². The summed E-state index contributed by atoms with van der Waals surface area (Å²) in [5, 5.41) is 8.17. The maximum Gasteiger partial charge on any atom is 0.107 e. The number of nitrogens with zero attached hydrogens (tertiary/aromatic N) is 2. The Morgan fingerprint density at radius 3 is 3.14 bits per heavy atom. The highest BCUT2D eigenvalue weighted by molar-refractivity contribution is 8.01. The first-order valence-corrected chi connectivity index (χ1v) is 2.65. The topological polar surface area (TPSA) is 37.9 Å². The van der Waals surface area contributed by atoms with E-state index in [2.05, 4.69) is 4.72 Å². The van der Waals surface area contributed by atoms with Crippen LogP contribution in [0, 0.1) is 11.3 Å². The average Bonchev–Trinajstić information content (AvgIpc) is 2.14. The van der Waals surface area contributed by atoms with Crippen LogP contribution >= 0.6 is 11.9 Å². The highest BCUT2D eigenvalue weighted by Gasteiger charge is 2.01. The summed E-state index contributed by atoms with van der Waals surface area (Å²) < 4.78 is 3.84. The molecular formula is C4H3N2S. The summed E-state index contributed by atoms with van der Waals surface area (Å²) in [6.07, 6.45) is 1.81. The lowest BCUT2D eigenvalue weighted by molar-refractivity contribution is 1.14. The molecule has 7 heavy (non-hydrogen) atoms. The molecule has 0 saturated carbocycles. The Balaban J connectivity index is 2.57. The van der Waals surface area contributed by atoms with Crippen molar-refractivity contribution in [2.24, 2.45) is 0 Å². The molecule has 1 aliphatic heterocycles. The van der Waals surface area contributed by atoms with Gasteiger partial charge in [-0.1, -0.05) is 0 Å². The maximum atomic E-state index is 8.17. The molecule has 3 heteroatoms. The lowest BCUT2D eigenvalue weighted by Gasteiger charge is -1.76. The highest BCUT2D eigenvalue weighted by Crippen LogP contribution is 2.15. The third-order valence-electron chi connectivity index (χ3n) is 0.624. The molecule has 35 valence electrons. The van der Waals surface area contributed by atoms with Crippen LogP contribution in [0.5, 0.6) is 0 Å². The quantitative estimate of drug-likeness (QED) is 0.431. The minimum atomic E-state index is 0.702. The van der Waals surface area contributed by atoms with Gasteiger partial charge in [-0.15, -0.1) is 0 Å². The van der Waals surface area contributed by atoms with Crippen molar-refractivity contribution >= 4 is 11.9 Å². The molecule has 0 saturated heterocycles. The number of nitriles is 1. The van der Waals surface area contributed by atoms with Gasteiger partial charge in [0.25, 0.3) is 0 Å². The molecule has 0 fully saturated rings. The summed E-state index contributed by atoms with van der Waals surface area (Å²) in [7, 11) is 0. The molecule has 0 aromatic rings. The van der Waals surface area contributed by atoms with Gasteiger partial charge in [0.05, 0.1) is 4.91 Å². The van der Waals surface area contributed by atoms with E-state index in [1.807, 2.05) is 12.1 Å². The Morgan fingerprint density at radius 1 is 2.00 bits per heavy atom. The second-order valence-corrected chi connectivity index (χ2v) is 1.96.